The Balaban J connectivity index is 2.67. The van der Waals surface area contributed by atoms with Gasteiger partial charge in [-0.05, 0) is 25.7 Å². The molecular formula is C14H24N2O3. The minimum atomic E-state index is -1.02. The fraction of sp³-hybridized carbons (Fsp3) is 0.714. The highest BCUT2D eigenvalue weighted by Gasteiger charge is 2.27. The van der Waals surface area contributed by atoms with Gasteiger partial charge >= 0.3 is 12.0 Å². The lowest BCUT2D eigenvalue weighted by Crippen LogP contribution is -2.51. The lowest BCUT2D eigenvalue weighted by atomic mass is 10.1. The highest BCUT2D eigenvalue weighted by molar-refractivity contribution is 5.82. The molecule has 2 N–H and O–H groups in total. The number of hydrogen-bond acceptors (Lipinski definition) is 2. The predicted molar refractivity (Wildman–Crippen MR) is 74.0 cm³/mol. The van der Waals surface area contributed by atoms with Gasteiger partial charge in [0.05, 0.1) is 0 Å². The van der Waals surface area contributed by atoms with Crippen molar-refractivity contribution in [3.63, 3.8) is 0 Å². The molecule has 19 heavy (non-hydrogen) atoms. The predicted octanol–water partition coefficient (Wildman–Crippen LogP) is 2.38. The highest BCUT2D eigenvalue weighted by atomic mass is 16.4. The zero-order chi connectivity index (χ0) is 14.3. The quantitative estimate of drug-likeness (QED) is 0.752. The molecule has 1 fully saturated rings. The summed E-state index contributed by atoms with van der Waals surface area (Å²) < 4.78 is 0. The summed E-state index contributed by atoms with van der Waals surface area (Å²) in [7, 11) is 0. The summed E-state index contributed by atoms with van der Waals surface area (Å²) in [4.78, 5) is 25.1. The van der Waals surface area contributed by atoms with Crippen molar-refractivity contribution in [1.29, 1.82) is 0 Å². The van der Waals surface area contributed by atoms with E-state index in [2.05, 4.69) is 18.8 Å². The van der Waals surface area contributed by atoms with Crippen LogP contribution in [0.4, 0.5) is 4.79 Å². The lowest BCUT2D eigenvalue weighted by Gasteiger charge is -2.30. The Morgan fingerprint density at radius 1 is 1.47 bits per heavy atom. The van der Waals surface area contributed by atoms with Crippen molar-refractivity contribution in [2.24, 2.45) is 0 Å². The summed E-state index contributed by atoms with van der Waals surface area (Å²) in [5, 5.41) is 11.6. The van der Waals surface area contributed by atoms with Gasteiger partial charge in [-0.15, -0.1) is 6.58 Å². The van der Waals surface area contributed by atoms with Crippen LogP contribution in [-0.4, -0.2) is 40.6 Å². The van der Waals surface area contributed by atoms with Crippen molar-refractivity contribution >= 4 is 12.0 Å². The second-order valence-corrected chi connectivity index (χ2v) is 4.97. The first-order chi connectivity index (χ1) is 9.10. The molecule has 2 atom stereocenters. The first kappa shape index (κ1) is 15.5. The second kappa shape index (κ2) is 7.81. The molecule has 1 rings (SSSR count). The van der Waals surface area contributed by atoms with Crippen LogP contribution in [-0.2, 0) is 4.79 Å². The maximum atomic E-state index is 12.2. The van der Waals surface area contributed by atoms with Gasteiger partial charge in [0.1, 0.15) is 6.04 Å². The number of rotatable bonds is 5. The standard InChI is InChI=1S/C14H24N2O3/c1-3-8-12(13(17)18)15-14(19)16-10-7-5-6-9-11(16)4-2/h3,11-12H,1,4-10H2,2H3,(H,15,19)(H,17,18). The van der Waals surface area contributed by atoms with E-state index in [9.17, 15) is 9.59 Å². The van der Waals surface area contributed by atoms with Crippen LogP contribution in [0.15, 0.2) is 12.7 Å². The summed E-state index contributed by atoms with van der Waals surface area (Å²) in [5.74, 6) is -1.02. The van der Waals surface area contributed by atoms with E-state index in [-0.39, 0.29) is 18.5 Å². The first-order valence-electron chi connectivity index (χ1n) is 7.01. The first-order valence-corrected chi connectivity index (χ1v) is 7.01. The van der Waals surface area contributed by atoms with Gasteiger partial charge in [0, 0.05) is 12.6 Å². The van der Waals surface area contributed by atoms with Crippen LogP contribution in [0.25, 0.3) is 0 Å². The van der Waals surface area contributed by atoms with Crippen LogP contribution in [0.1, 0.15) is 45.4 Å². The van der Waals surface area contributed by atoms with Crippen LogP contribution < -0.4 is 5.32 Å². The van der Waals surface area contributed by atoms with E-state index in [1.165, 1.54) is 6.08 Å². The van der Waals surface area contributed by atoms with Crippen LogP contribution >= 0.6 is 0 Å². The third-order valence-electron chi connectivity index (χ3n) is 3.61. The molecule has 5 nitrogen and oxygen atoms in total. The van der Waals surface area contributed by atoms with Crippen molar-refractivity contribution < 1.29 is 14.7 Å². The molecule has 108 valence electrons. The van der Waals surface area contributed by atoms with Crippen molar-refractivity contribution in [3.8, 4) is 0 Å². The van der Waals surface area contributed by atoms with E-state index in [1.54, 1.807) is 4.90 Å². The molecule has 1 heterocycles. The minimum absolute atomic E-state index is 0.223. The third kappa shape index (κ3) is 4.58. The van der Waals surface area contributed by atoms with Gasteiger partial charge in [0.15, 0.2) is 0 Å². The average Bonchev–Trinajstić information content (AvgIpc) is 2.62. The molecular weight excluding hydrogens is 244 g/mol. The molecule has 0 spiro atoms. The number of urea groups is 1. The molecule has 0 bridgehead atoms. The van der Waals surface area contributed by atoms with Crippen molar-refractivity contribution in [2.75, 3.05) is 6.54 Å². The monoisotopic (exact) mass is 268 g/mol. The summed E-state index contributed by atoms with van der Waals surface area (Å²) in [6, 6.07) is -0.922. The van der Waals surface area contributed by atoms with Gasteiger partial charge in [-0.3, -0.25) is 0 Å². The third-order valence-corrected chi connectivity index (χ3v) is 3.61. The summed E-state index contributed by atoms with van der Waals surface area (Å²) in [6.45, 7) is 6.30. The number of carboxylic acid groups (broad SMARTS) is 1. The summed E-state index contributed by atoms with van der Waals surface area (Å²) in [5.41, 5.74) is 0. The number of aliphatic carboxylic acids is 1. The van der Waals surface area contributed by atoms with E-state index in [1.807, 2.05) is 0 Å². The van der Waals surface area contributed by atoms with Crippen molar-refractivity contribution in [3.05, 3.63) is 12.7 Å². The van der Waals surface area contributed by atoms with Gasteiger partial charge in [0.2, 0.25) is 0 Å². The smallest absolute Gasteiger partial charge is 0.326 e. The maximum absolute atomic E-state index is 12.2. The number of likely N-dealkylation sites (tertiary alicyclic amines) is 1. The van der Waals surface area contributed by atoms with Gasteiger partial charge in [-0.25, -0.2) is 9.59 Å². The summed E-state index contributed by atoms with van der Waals surface area (Å²) >= 11 is 0. The molecule has 0 aliphatic carbocycles. The molecule has 2 unspecified atom stereocenters. The maximum Gasteiger partial charge on any atom is 0.326 e. The molecule has 0 aromatic heterocycles. The second-order valence-electron chi connectivity index (χ2n) is 4.97. The van der Waals surface area contributed by atoms with Gasteiger partial charge in [-0.2, -0.15) is 0 Å². The number of hydrogen-bond donors (Lipinski definition) is 2. The molecule has 2 amide bonds. The van der Waals surface area contributed by atoms with E-state index < -0.39 is 12.0 Å². The normalized spacial score (nSPS) is 21.3. The molecule has 1 aliphatic heterocycles. The Kier molecular flexibility index (Phi) is 6.39. The highest BCUT2D eigenvalue weighted by Crippen LogP contribution is 2.19. The molecule has 0 radical (unpaired) electrons. The van der Waals surface area contributed by atoms with Gasteiger partial charge in [-0.1, -0.05) is 25.8 Å². The molecule has 0 aromatic carbocycles. The number of nitrogens with zero attached hydrogens (tertiary/aromatic N) is 1. The minimum Gasteiger partial charge on any atom is -0.480 e. The van der Waals surface area contributed by atoms with Gasteiger partial charge in [0.25, 0.3) is 0 Å². The number of nitrogens with one attached hydrogen (secondary N) is 1. The zero-order valence-corrected chi connectivity index (χ0v) is 11.6. The van der Waals surface area contributed by atoms with Crippen molar-refractivity contribution in [1.82, 2.24) is 10.2 Å². The largest absolute Gasteiger partial charge is 0.480 e. The number of carbonyl (C=O) groups excluding carboxylic acids is 1. The molecule has 1 saturated heterocycles. The van der Waals surface area contributed by atoms with E-state index in [0.29, 0.717) is 6.54 Å². The molecule has 0 aromatic rings. The fourth-order valence-electron chi connectivity index (χ4n) is 2.49. The van der Waals surface area contributed by atoms with Crippen LogP contribution in [0, 0.1) is 0 Å². The number of carbonyl (C=O) groups is 2. The summed E-state index contributed by atoms with van der Waals surface area (Å²) in [6.07, 6.45) is 6.93. The van der Waals surface area contributed by atoms with Crippen LogP contribution in [0.5, 0.6) is 0 Å². The van der Waals surface area contributed by atoms with Gasteiger partial charge < -0.3 is 15.3 Å². The van der Waals surface area contributed by atoms with Crippen LogP contribution in [0.3, 0.4) is 0 Å². The Morgan fingerprint density at radius 2 is 2.21 bits per heavy atom. The SMILES string of the molecule is C=CCC(NC(=O)N1CCCCCC1CC)C(=O)O. The van der Waals surface area contributed by atoms with E-state index in [4.69, 9.17) is 5.11 Å². The zero-order valence-electron chi connectivity index (χ0n) is 11.6. The van der Waals surface area contributed by atoms with E-state index >= 15 is 0 Å². The number of carboxylic acids is 1. The van der Waals surface area contributed by atoms with E-state index in [0.717, 1.165) is 32.1 Å². The Hall–Kier alpha value is -1.52. The fourth-order valence-corrected chi connectivity index (χ4v) is 2.49. The molecule has 1 aliphatic rings. The lowest BCUT2D eigenvalue weighted by molar-refractivity contribution is -0.139. The topological polar surface area (TPSA) is 69.6 Å². The Morgan fingerprint density at radius 3 is 2.79 bits per heavy atom. The molecule has 0 saturated carbocycles. The number of amides is 2. The van der Waals surface area contributed by atoms with Crippen molar-refractivity contribution in [2.45, 2.75) is 57.5 Å². The molecule has 5 heteroatoms. The Bertz CT molecular complexity index is 331. The van der Waals surface area contributed by atoms with Crippen LogP contribution in [0.2, 0.25) is 0 Å². The average molecular weight is 268 g/mol. The Labute approximate surface area is 114 Å².